The van der Waals surface area contributed by atoms with Crippen LogP contribution >= 0.6 is 0 Å². The maximum Gasteiger partial charge on any atom is 0.358 e. The van der Waals surface area contributed by atoms with Crippen molar-refractivity contribution in [1.29, 1.82) is 0 Å². The Balaban J connectivity index is 1.37. The van der Waals surface area contributed by atoms with Crippen LogP contribution in [0.5, 0.6) is 0 Å². The van der Waals surface area contributed by atoms with Gasteiger partial charge in [0.1, 0.15) is 0 Å². The second-order valence-electron chi connectivity index (χ2n) is 6.97. The van der Waals surface area contributed by atoms with E-state index in [9.17, 15) is 14.4 Å². The fourth-order valence-electron chi connectivity index (χ4n) is 3.19. The first-order valence-electron chi connectivity index (χ1n) is 10.1. The molecule has 2 aromatic heterocycles. The zero-order valence-electron chi connectivity index (χ0n) is 17.4. The number of para-hydroxylation sites is 1. The first-order valence-corrected chi connectivity index (χ1v) is 10.1. The van der Waals surface area contributed by atoms with Gasteiger partial charge in [-0.2, -0.15) is 5.10 Å². The van der Waals surface area contributed by atoms with E-state index in [1.165, 1.54) is 10.9 Å². The predicted molar refractivity (Wildman–Crippen MR) is 119 cm³/mol. The minimum absolute atomic E-state index is 0.129. The zero-order chi connectivity index (χ0) is 22.5. The van der Waals surface area contributed by atoms with Gasteiger partial charge in [0.05, 0.1) is 29.5 Å². The van der Waals surface area contributed by atoms with Crippen molar-refractivity contribution in [3.05, 3.63) is 83.2 Å². The topological polar surface area (TPSA) is 108 Å². The molecule has 2 aromatic carbocycles. The monoisotopic (exact) mass is 431 g/mol. The molecule has 9 nitrogen and oxygen atoms in total. The highest BCUT2D eigenvalue weighted by Crippen LogP contribution is 2.14. The predicted octanol–water partition coefficient (Wildman–Crippen LogP) is 2.79. The number of carbonyl (C=O) groups is 2. The standard InChI is InChI=1S/C23H21N5O4/c1-2-32-23(31)20-11-14-28(26-20)17-9-7-16(8-10-17)25-21(29)12-13-27-15-24-19-6-4-3-5-18(19)22(27)30/h3-11,14-15H,2,12-13H2,1H3,(H,25,29). The number of nitrogens with zero attached hydrogens (tertiary/aromatic N) is 4. The van der Waals surface area contributed by atoms with Gasteiger partial charge in [0, 0.05) is 24.8 Å². The van der Waals surface area contributed by atoms with Crippen LogP contribution in [0.4, 0.5) is 5.69 Å². The molecule has 32 heavy (non-hydrogen) atoms. The molecule has 0 radical (unpaired) electrons. The summed E-state index contributed by atoms with van der Waals surface area (Å²) in [6.45, 7) is 2.25. The molecule has 0 unspecified atom stereocenters. The molecule has 1 N–H and O–H groups in total. The number of carbonyl (C=O) groups excluding carboxylic acids is 2. The average Bonchev–Trinajstić information content (AvgIpc) is 3.30. The van der Waals surface area contributed by atoms with E-state index in [1.807, 2.05) is 6.07 Å². The van der Waals surface area contributed by atoms with Gasteiger partial charge in [-0.05, 0) is 49.4 Å². The molecule has 0 spiro atoms. The number of aryl methyl sites for hydroxylation is 1. The maximum absolute atomic E-state index is 12.5. The van der Waals surface area contributed by atoms with Gasteiger partial charge < -0.3 is 10.1 Å². The van der Waals surface area contributed by atoms with Gasteiger partial charge in [-0.25, -0.2) is 14.5 Å². The molecule has 4 aromatic rings. The van der Waals surface area contributed by atoms with Crippen molar-refractivity contribution in [1.82, 2.24) is 19.3 Å². The molecule has 1 amide bonds. The van der Waals surface area contributed by atoms with Crippen molar-refractivity contribution in [2.75, 3.05) is 11.9 Å². The van der Waals surface area contributed by atoms with Crippen molar-refractivity contribution in [2.24, 2.45) is 0 Å². The number of aromatic nitrogens is 4. The summed E-state index contributed by atoms with van der Waals surface area (Å²) in [7, 11) is 0. The lowest BCUT2D eigenvalue weighted by Gasteiger charge is -2.08. The lowest BCUT2D eigenvalue weighted by Crippen LogP contribution is -2.23. The van der Waals surface area contributed by atoms with Crippen LogP contribution in [0.3, 0.4) is 0 Å². The molecule has 0 aliphatic rings. The molecule has 0 bridgehead atoms. The van der Waals surface area contributed by atoms with Gasteiger partial charge in [0.15, 0.2) is 5.69 Å². The minimum atomic E-state index is -0.476. The second kappa shape index (κ2) is 9.25. The van der Waals surface area contributed by atoms with Gasteiger partial charge >= 0.3 is 5.97 Å². The van der Waals surface area contributed by atoms with Gasteiger partial charge in [-0.3, -0.25) is 14.2 Å². The van der Waals surface area contributed by atoms with E-state index in [-0.39, 0.29) is 36.7 Å². The Kier molecular flexibility index (Phi) is 6.07. The molecule has 2 heterocycles. The summed E-state index contributed by atoms with van der Waals surface area (Å²) in [5.41, 5.74) is 2.02. The summed E-state index contributed by atoms with van der Waals surface area (Å²) in [5.74, 6) is -0.697. The van der Waals surface area contributed by atoms with Crippen molar-refractivity contribution in [3.8, 4) is 5.69 Å². The smallest absolute Gasteiger partial charge is 0.358 e. The summed E-state index contributed by atoms with van der Waals surface area (Å²) < 4.78 is 7.92. The number of ether oxygens (including phenoxy) is 1. The molecule has 0 aliphatic heterocycles. The Morgan fingerprint density at radius 2 is 1.84 bits per heavy atom. The minimum Gasteiger partial charge on any atom is -0.461 e. The third kappa shape index (κ3) is 4.56. The molecule has 0 saturated heterocycles. The molecule has 0 aliphatic carbocycles. The summed E-state index contributed by atoms with van der Waals surface area (Å²) >= 11 is 0. The van der Waals surface area contributed by atoms with E-state index < -0.39 is 5.97 Å². The van der Waals surface area contributed by atoms with Crippen LogP contribution in [-0.2, 0) is 16.1 Å². The highest BCUT2D eigenvalue weighted by molar-refractivity contribution is 5.90. The van der Waals surface area contributed by atoms with Gasteiger partial charge in [0.2, 0.25) is 5.91 Å². The number of amides is 1. The van der Waals surface area contributed by atoms with Crippen LogP contribution < -0.4 is 10.9 Å². The summed E-state index contributed by atoms with van der Waals surface area (Å²) in [4.78, 5) is 40.8. The van der Waals surface area contributed by atoms with Crippen LogP contribution in [0.15, 0.2) is 71.9 Å². The van der Waals surface area contributed by atoms with Crippen molar-refractivity contribution in [3.63, 3.8) is 0 Å². The summed E-state index contributed by atoms with van der Waals surface area (Å²) in [6.07, 6.45) is 3.25. The molecule has 0 saturated carbocycles. The number of benzene rings is 2. The van der Waals surface area contributed by atoms with Crippen LogP contribution in [-0.4, -0.2) is 37.8 Å². The first kappa shape index (κ1) is 21.0. The van der Waals surface area contributed by atoms with E-state index in [4.69, 9.17) is 4.74 Å². The third-order valence-electron chi connectivity index (χ3n) is 4.80. The highest BCUT2D eigenvalue weighted by atomic mass is 16.5. The fraction of sp³-hybridized carbons (Fsp3) is 0.174. The molecule has 9 heteroatoms. The van der Waals surface area contributed by atoms with Crippen molar-refractivity contribution >= 4 is 28.5 Å². The lowest BCUT2D eigenvalue weighted by molar-refractivity contribution is -0.116. The van der Waals surface area contributed by atoms with E-state index in [2.05, 4.69) is 15.4 Å². The van der Waals surface area contributed by atoms with Crippen molar-refractivity contribution < 1.29 is 14.3 Å². The average molecular weight is 431 g/mol. The van der Waals surface area contributed by atoms with E-state index in [0.717, 1.165) is 5.69 Å². The molecular formula is C23H21N5O4. The number of anilines is 1. The van der Waals surface area contributed by atoms with Crippen LogP contribution in [0, 0.1) is 0 Å². The summed E-state index contributed by atoms with van der Waals surface area (Å²) in [5, 5.41) is 7.53. The molecule has 0 atom stereocenters. The van der Waals surface area contributed by atoms with E-state index in [1.54, 1.807) is 66.3 Å². The maximum atomic E-state index is 12.5. The SMILES string of the molecule is CCOC(=O)c1ccn(-c2ccc(NC(=O)CCn3cnc4ccccc4c3=O)cc2)n1. The van der Waals surface area contributed by atoms with Gasteiger partial charge in [0.25, 0.3) is 5.56 Å². The normalized spacial score (nSPS) is 10.8. The Morgan fingerprint density at radius 1 is 1.06 bits per heavy atom. The first-order chi connectivity index (χ1) is 15.5. The highest BCUT2D eigenvalue weighted by Gasteiger charge is 2.11. The van der Waals surface area contributed by atoms with E-state index in [0.29, 0.717) is 16.6 Å². The third-order valence-corrected chi connectivity index (χ3v) is 4.80. The van der Waals surface area contributed by atoms with E-state index >= 15 is 0 Å². The number of hydrogen-bond acceptors (Lipinski definition) is 6. The Hall–Kier alpha value is -4.27. The zero-order valence-corrected chi connectivity index (χ0v) is 17.4. The molecule has 0 fully saturated rings. The number of rotatable bonds is 7. The van der Waals surface area contributed by atoms with Crippen LogP contribution in [0.25, 0.3) is 16.6 Å². The quantitative estimate of drug-likeness (QED) is 0.451. The number of fused-ring (bicyclic) bond motifs is 1. The van der Waals surface area contributed by atoms with Crippen molar-refractivity contribution in [2.45, 2.75) is 19.9 Å². The second-order valence-corrected chi connectivity index (χ2v) is 6.97. The Labute approximate surface area is 183 Å². The Morgan fingerprint density at radius 3 is 2.62 bits per heavy atom. The molecular weight excluding hydrogens is 410 g/mol. The van der Waals surface area contributed by atoms with Crippen LogP contribution in [0.1, 0.15) is 23.8 Å². The molecule has 4 rings (SSSR count). The summed E-state index contributed by atoms with van der Waals surface area (Å²) in [6, 6.07) is 15.7. The number of nitrogens with one attached hydrogen (secondary N) is 1. The number of esters is 1. The van der Waals surface area contributed by atoms with Gasteiger partial charge in [-0.1, -0.05) is 12.1 Å². The molecule has 162 valence electrons. The Bertz CT molecular complexity index is 1320. The lowest BCUT2D eigenvalue weighted by atomic mass is 10.2. The number of hydrogen-bond donors (Lipinski definition) is 1. The van der Waals surface area contributed by atoms with Gasteiger partial charge in [-0.15, -0.1) is 0 Å². The largest absolute Gasteiger partial charge is 0.461 e. The van der Waals surface area contributed by atoms with Crippen LogP contribution in [0.2, 0.25) is 0 Å². The fourth-order valence-corrected chi connectivity index (χ4v) is 3.19.